The summed E-state index contributed by atoms with van der Waals surface area (Å²) in [5.74, 6) is -0.593. The molecule has 2 fully saturated rings. The number of nitrogens with one attached hydrogen (secondary N) is 1. The van der Waals surface area contributed by atoms with Gasteiger partial charge in [0.05, 0.1) is 13.0 Å². The molecule has 126 valence electrons. The molecule has 0 radical (unpaired) electrons. The lowest BCUT2D eigenvalue weighted by atomic mass is 10.1. The number of nitrogens with two attached hydrogens (primary N) is 1. The number of primary amides is 1. The molecule has 0 aromatic carbocycles. The molecule has 0 unspecified atom stereocenters. The fraction of sp³-hybridized carbons (Fsp3) is 0.615. The third-order valence-electron chi connectivity index (χ3n) is 3.87. The number of fused-ring (bicyclic) bond motifs is 1. The van der Waals surface area contributed by atoms with Crippen LogP contribution in [0.15, 0.2) is 15.8 Å². The number of H-pyrrole nitrogens is 1. The van der Waals surface area contributed by atoms with E-state index >= 15 is 0 Å². The van der Waals surface area contributed by atoms with Crippen LogP contribution in [0, 0.1) is 6.92 Å². The molecule has 0 saturated carbocycles. The van der Waals surface area contributed by atoms with Gasteiger partial charge in [0, 0.05) is 11.8 Å². The molecule has 2 aliphatic heterocycles. The van der Waals surface area contributed by atoms with E-state index in [0.717, 1.165) is 0 Å². The highest BCUT2D eigenvalue weighted by atomic mass is 16.8. The van der Waals surface area contributed by atoms with Gasteiger partial charge in [0.25, 0.3) is 5.56 Å². The molecule has 2 aliphatic rings. The SMILES string of the molecule is Cc1cn([C@@H]2O[C@H](CO)[C@H]3O[C@@H](CC(N)=O)O[C@H]32)c(=O)[nH]c1=O. The largest absolute Gasteiger partial charge is 0.394 e. The molecule has 3 rings (SSSR count). The van der Waals surface area contributed by atoms with Crippen LogP contribution >= 0.6 is 0 Å². The third-order valence-corrected chi connectivity index (χ3v) is 3.87. The van der Waals surface area contributed by atoms with Crippen molar-refractivity contribution < 1.29 is 24.1 Å². The Balaban J connectivity index is 1.92. The smallest absolute Gasteiger partial charge is 0.330 e. The van der Waals surface area contributed by atoms with Gasteiger partial charge in [0.1, 0.15) is 18.3 Å². The van der Waals surface area contributed by atoms with Crippen molar-refractivity contribution in [2.45, 2.75) is 44.2 Å². The first-order valence-electron chi connectivity index (χ1n) is 7.08. The zero-order chi connectivity index (χ0) is 16.7. The van der Waals surface area contributed by atoms with Crippen molar-refractivity contribution in [1.82, 2.24) is 9.55 Å². The monoisotopic (exact) mass is 327 g/mol. The minimum absolute atomic E-state index is 0.141. The standard InChI is InChI=1S/C13H17N3O7/c1-5-3-16(13(20)15-11(5)19)12-10-9(6(4-17)21-12)22-8(23-10)2-7(14)18/h3,6,8-10,12,17H,2,4H2,1H3,(H2,14,18)(H,15,19,20)/t6-,8-,9-,10-,12-/m1/s1. The van der Waals surface area contributed by atoms with Gasteiger partial charge in [0.2, 0.25) is 5.91 Å². The van der Waals surface area contributed by atoms with Crippen LogP contribution in [0.1, 0.15) is 18.2 Å². The van der Waals surface area contributed by atoms with Gasteiger partial charge in [-0.25, -0.2) is 4.79 Å². The quantitative estimate of drug-likeness (QED) is 0.564. The van der Waals surface area contributed by atoms with Gasteiger partial charge in [-0.3, -0.25) is 19.1 Å². The fourth-order valence-electron chi connectivity index (χ4n) is 2.81. The van der Waals surface area contributed by atoms with Crippen LogP contribution in [-0.4, -0.2) is 51.8 Å². The maximum Gasteiger partial charge on any atom is 0.330 e. The summed E-state index contributed by atoms with van der Waals surface area (Å²) in [6, 6.07) is 0. The number of aromatic amines is 1. The van der Waals surface area contributed by atoms with Crippen molar-refractivity contribution in [3.05, 3.63) is 32.6 Å². The molecule has 2 saturated heterocycles. The molecule has 10 nitrogen and oxygen atoms in total. The van der Waals surface area contributed by atoms with E-state index < -0.39 is 48.0 Å². The zero-order valence-electron chi connectivity index (χ0n) is 12.3. The zero-order valence-corrected chi connectivity index (χ0v) is 12.3. The first kappa shape index (κ1) is 15.9. The number of aliphatic hydroxyl groups is 1. The van der Waals surface area contributed by atoms with E-state index in [9.17, 15) is 19.5 Å². The summed E-state index contributed by atoms with van der Waals surface area (Å²) in [5, 5.41) is 9.42. The number of amides is 1. The molecule has 23 heavy (non-hydrogen) atoms. The predicted octanol–water partition coefficient (Wildman–Crippen LogP) is -2.28. The van der Waals surface area contributed by atoms with Crippen LogP contribution in [0.3, 0.4) is 0 Å². The summed E-state index contributed by atoms with van der Waals surface area (Å²) in [6.07, 6.45) is -2.61. The van der Waals surface area contributed by atoms with Gasteiger partial charge in [-0.1, -0.05) is 0 Å². The highest BCUT2D eigenvalue weighted by Gasteiger charge is 2.53. The number of ether oxygens (including phenoxy) is 3. The lowest BCUT2D eigenvalue weighted by Crippen LogP contribution is -2.37. The predicted molar refractivity (Wildman–Crippen MR) is 74.4 cm³/mol. The topological polar surface area (TPSA) is 146 Å². The van der Waals surface area contributed by atoms with Gasteiger partial charge in [-0.2, -0.15) is 0 Å². The van der Waals surface area contributed by atoms with Crippen molar-refractivity contribution in [2.24, 2.45) is 5.73 Å². The molecule has 1 aromatic rings. The Morgan fingerprint density at radius 3 is 2.70 bits per heavy atom. The number of aryl methyl sites for hydroxylation is 1. The molecule has 1 amide bonds. The first-order valence-corrected chi connectivity index (χ1v) is 7.08. The van der Waals surface area contributed by atoms with E-state index in [0.29, 0.717) is 5.56 Å². The summed E-state index contributed by atoms with van der Waals surface area (Å²) in [6.45, 7) is 1.20. The third kappa shape index (κ3) is 2.81. The highest BCUT2D eigenvalue weighted by Crippen LogP contribution is 2.39. The number of aliphatic hydroxyl groups excluding tert-OH is 1. The molecule has 0 spiro atoms. The molecule has 4 N–H and O–H groups in total. The first-order chi connectivity index (χ1) is 10.9. The molecule has 0 aliphatic carbocycles. The Hall–Kier alpha value is -2.01. The van der Waals surface area contributed by atoms with Gasteiger partial charge in [0.15, 0.2) is 12.5 Å². The summed E-state index contributed by atoms with van der Waals surface area (Å²) < 4.78 is 18.0. The molecule has 0 bridgehead atoms. The number of nitrogens with zero attached hydrogens (tertiary/aromatic N) is 1. The minimum Gasteiger partial charge on any atom is -0.394 e. The van der Waals surface area contributed by atoms with Crippen molar-refractivity contribution in [3.63, 3.8) is 0 Å². The number of carbonyl (C=O) groups is 1. The van der Waals surface area contributed by atoms with Crippen molar-refractivity contribution in [2.75, 3.05) is 6.61 Å². The average Bonchev–Trinajstić information content (AvgIpc) is 3.00. The lowest BCUT2D eigenvalue weighted by Gasteiger charge is -2.20. The summed E-state index contributed by atoms with van der Waals surface area (Å²) >= 11 is 0. The van der Waals surface area contributed by atoms with Crippen LogP contribution in [0.25, 0.3) is 0 Å². The van der Waals surface area contributed by atoms with E-state index in [1.807, 2.05) is 0 Å². The summed E-state index contributed by atoms with van der Waals surface area (Å²) in [4.78, 5) is 36.7. The number of hydrogen-bond acceptors (Lipinski definition) is 7. The second-order valence-corrected chi connectivity index (χ2v) is 5.53. The normalized spacial score (nSPS) is 32.9. The van der Waals surface area contributed by atoms with Crippen molar-refractivity contribution in [1.29, 1.82) is 0 Å². The Morgan fingerprint density at radius 2 is 2.04 bits per heavy atom. The van der Waals surface area contributed by atoms with Crippen LogP contribution < -0.4 is 17.0 Å². The van der Waals surface area contributed by atoms with Crippen LogP contribution in [0.5, 0.6) is 0 Å². The Labute approximate surface area is 129 Å². The molecule has 10 heteroatoms. The number of hydrogen-bond donors (Lipinski definition) is 3. The number of aromatic nitrogens is 2. The molecule has 5 atom stereocenters. The number of carbonyl (C=O) groups excluding carboxylic acids is 1. The van der Waals surface area contributed by atoms with Crippen molar-refractivity contribution >= 4 is 5.91 Å². The van der Waals surface area contributed by atoms with E-state index in [1.54, 1.807) is 6.92 Å². The van der Waals surface area contributed by atoms with Crippen LogP contribution in [-0.2, 0) is 19.0 Å². The Morgan fingerprint density at radius 1 is 1.35 bits per heavy atom. The van der Waals surface area contributed by atoms with E-state index in [2.05, 4.69) is 4.98 Å². The average molecular weight is 327 g/mol. The fourth-order valence-corrected chi connectivity index (χ4v) is 2.81. The summed E-state index contributed by atoms with van der Waals surface area (Å²) in [5.41, 5.74) is 4.29. The second kappa shape index (κ2) is 5.89. The lowest BCUT2D eigenvalue weighted by molar-refractivity contribution is -0.159. The van der Waals surface area contributed by atoms with Gasteiger partial charge in [-0.15, -0.1) is 0 Å². The maximum absolute atomic E-state index is 12.0. The second-order valence-electron chi connectivity index (χ2n) is 5.53. The van der Waals surface area contributed by atoms with E-state index in [1.165, 1.54) is 10.8 Å². The van der Waals surface area contributed by atoms with E-state index in [-0.39, 0.29) is 13.0 Å². The van der Waals surface area contributed by atoms with Crippen LogP contribution in [0.2, 0.25) is 0 Å². The maximum atomic E-state index is 12.0. The molecular weight excluding hydrogens is 310 g/mol. The van der Waals surface area contributed by atoms with Gasteiger partial charge >= 0.3 is 5.69 Å². The summed E-state index contributed by atoms with van der Waals surface area (Å²) in [7, 11) is 0. The van der Waals surface area contributed by atoms with Crippen molar-refractivity contribution in [3.8, 4) is 0 Å². The molecular formula is C13H17N3O7. The molecule has 1 aromatic heterocycles. The number of rotatable bonds is 4. The minimum atomic E-state index is -0.891. The van der Waals surface area contributed by atoms with Gasteiger partial charge < -0.3 is 25.1 Å². The highest BCUT2D eigenvalue weighted by molar-refractivity contribution is 5.74. The Bertz CT molecular complexity index is 727. The Kier molecular flexibility index (Phi) is 4.06. The molecule has 3 heterocycles. The van der Waals surface area contributed by atoms with Crippen LogP contribution in [0.4, 0.5) is 0 Å². The van der Waals surface area contributed by atoms with E-state index in [4.69, 9.17) is 19.9 Å². The van der Waals surface area contributed by atoms with Gasteiger partial charge in [-0.05, 0) is 6.92 Å².